The zero-order valence-corrected chi connectivity index (χ0v) is 13.9. The van der Waals surface area contributed by atoms with E-state index < -0.39 is 5.97 Å². The van der Waals surface area contributed by atoms with Gasteiger partial charge in [0.15, 0.2) is 13.3 Å². The van der Waals surface area contributed by atoms with Crippen LogP contribution in [0, 0.1) is 13.8 Å². The van der Waals surface area contributed by atoms with Crippen molar-refractivity contribution >= 4 is 16.9 Å². The molecule has 0 unspecified atom stereocenters. The molecule has 2 aromatic carbocycles. The maximum absolute atomic E-state index is 12.2. The van der Waals surface area contributed by atoms with E-state index in [4.69, 9.17) is 9.47 Å². The molecule has 0 radical (unpaired) electrons. The number of aryl methyl sites for hydroxylation is 2. The summed E-state index contributed by atoms with van der Waals surface area (Å²) >= 11 is 0. The van der Waals surface area contributed by atoms with E-state index in [1.165, 1.54) is 0 Å². The smallest absolute Gasteiger partial charge is 0.345 e. The van der Waals surface area contributed by atoms with E-state index in [1.54, 1.807) is 24.3 Å². The minimum absolute atomic E-state index is 0.250. The van der Waals surface area contributed by atoms with Gasteiger partial charge in [0.1, 0.15) is 11.3 Å². The van der Waals surface area contributed by atoms with Gasteiger partial charge in [0, 0.05) is 0 Å². The van der Waals surface area contributed by atoms with Crippen LogP contribution >= 0.6 is 0 Å². The maximum atomic E-state index is 12.2. The third kappa shape index (κ3) is 3.82. The third-order valence-corrected chi connectivity index (χ3v) is 3.67. The molecule has 128 valence electrons. The van der Waals surface area contributed by atoms with Crippen LogP contribution in [0.15, 0.2) is 47.3 Å². The summed E-state index contributed by atoms with van der Waals surface area (Å²) in [5.74, 6) is 0.0300. The van der Waals surface area contributed by atoms with Gasteiger partial charge in [0.2, 0.25) is 0 Å². The summed E-state index contributed by atoms with van der Waals surface area (Å²) in [5.41, 5.74) is 2.09. The molecule has 0 aliphatic heterocycles. The lowest BCUT2D eigenvalue weighted by atomic mass is 10.1. The number of carbonyl (C=O) groups excluding carboxylic acids is 1. The van der Waals surface area contributed by atoms with E-state index >= 15 is 0 Å². The van der Waals surface area contributed by atoms with Crippen molar-refractivity contribution in [1.29, 1.82) is 0 Å². The Morgan fingerprint density at radius 2 is 1.96 bits per heavy atom. The van der Waals surface area contributed by atoms with Crippen molar-refractivity contribution in [3.05, 3.63) is 63.9 Å². The van der Waals surface area contributed by atoms with Gasteiger partial charge in [-0.1, -0.05) is 29.5 Å². The summed E-state index contributed by atoms with van der Waals surface area (Å²) in [5, 5.41) is 8.10. The summed E-state index contributed by atoms with van der Waals surface area (Å²) in [6, 6.07) is 12.6. The Hall–Kier alpha value is -3.22. The lowest BCUT2D eigenvalue weighted by Crippen LogP contribution is -2.27. The molecule has 7 heteroatoms. The largest absolute Gasteiger partial charge is 0.482 e. The molecule has 0 saturated heterocycles. The molecule has 1 heterocycles. The van der Waals surface area contributed by atoms with Gasteiger partial charge < -0.3 is 9.47 Å². The monoisotopic (exact) mass is 339 g/mol. The van der Waals surface area contributed by atoms with Crippen LogP contribution < -0.4 is 10.3 Å². The van der Waals surface area contributed by atoms with Crippen molar-refractivity contribution in [2.75, 3.05) is 6.61 Å². The number of hydrogen-bond acceptors (Lipinski definition) is 6. The highest BCUT2D eigenvalue weighted by Crippen LogP contribution is 2.18. The van der Waals surface area contributed by atoms with Crippen LogP contribution in [0.1, 0.15) is 11.1 Å². The zero-order valence-electron chi connectivity index (χ0n) is 13.9. The lowest BCUT2D eigenvalue weighted by Gasteiger charge is -2.10. The lowest BCUT2D eigenvalue weighted by molar-refractivity contribution is -0.150. The van der Waals surface area contributed by atoms with Gasteiger partial charge in [-0.3, -0.25) is 4.79 Å². The van der Waals surface area contributed by atoms with Crippen LogP contribution in [-0.2, 0) is 16.3 Å². The van der Waals surface area contributed by atoms with Crippen molar-refractivity contribution in [1.82, 2.24) is 15.0 Å². The minimum atomic E-state index is -0.595. The van der Waals surface area contributed by atoms with Crippen LogP contribution in [0.4, 0.5) is 0 Å². The molecule has 0 amide bonds. The molecule has 0 N–H and O–H groups in total. The number of esters is 1. The Labute approximate surface area is 143 Å². The number of ether oxygens (including phenoxy) is 2. The Morgan fingerprint density at radius 1 is 1.16 bits per heavy atom. The average molecular weight is 339 g/mol. The normalized spacial score (nSPS) is 10.6. The molecule has 0 bridgehead atoms. The Bertz CT molecular complexity index is 981. The van der Waals surface area contributed by atoms with Gasteiger partial charge in [0.05, 0.1) is 5.39 Å². The first-order chi connectivity index (χ1) is 12.0. The molecule has 0 spiro atoms. The number of carbonyl (C=O) groups is 1. The average Bonchev–Trinajstić information content (AvgIpc) is 2.62. The highest BCUT2D eigenvalue weighted by Gasteiger charge is 2.09. The van der Waals surface area contributed by atoms with Crippen molar-refractivity contribution < 1.29 is 14.3 Å². The fraction of sp³-hybridized carbons (Fsp3) is 0.222. The molecular formula is C18H17N3O4. The van der Waals surface area contributed by atoms with E-state index in [9.17, 15) is 9.59 Å². The quantitative estimate of drug-likeness (QED) is 0.661. The number of hydrogen-bond donors (Lipinski definition) is 0. The number of rotatable bonds is 5. The van der Waals surface area contributed by atoms with Gasteiger partial charge >= 0.3 is 5.97 Å². The third-order valence-electron chi connectivity index (χ3n) is 3.67. The number of nitrogens with zero attached hydrogens (tertiary/aromatic N) is 3. The summed E-state index contributed by atoms with van der Waals surface area (Å²) < 4.78 is 11.5. The van der Waals surface area contributed by atoms with Crippen LogP contribution in [0.25, 0.3) is 10.9 Å². The molecule has 3 rings (SSSR count). The molecular weight excluding hydrogens is 322 g/mol. The van der Waals surface area contributed by atoms with Gasteiger partial charge in [-0.25, -0.2) is 4.79 Å². The Kier molecular flexibility index (Phi) is 4.74. The molecule has 7 nitrogen and oxygen atoms in total. The van der Waals surface area contributed by atoms with Crippen molar-refractivity contribution in [2.45, 2.75) is 20.6 Å². The first-order valence-corrected chi connectivity index (χ1v) is 7.73. The highest BCUT2D eigenvalue weighted by molar-refractivity contribution is 5.76. The molecule has 25 heavy (non-hydrogen) atoms. The van der Waals surface area contributed by atoms with Crippen molar-refractivity contribution in [3.8, 4) is 5.75 Å². The second kappa shape index (κ2) is 7.12. The molecule has 3 aromatic rings. The summed E-state index contributed by atoms with van der Waals surface area (Å²) in [6.45, 7) is 3.27. The summed E-state index contributed by atoms with van der Waals surface area (Å²) in [4.78, 5) is 24.1. The molecule has 0 aliphatic rings. The van der Waals surface area contributed by atoms with Crippen molar-refractivity contribution in [2.24, 2.45) is 0 Å². The Morgan fingerprint density at radius 3 is 2.80 bits per heavy atom. The predicted octanol–water partition coefficient (Wildman–Crippen LogP) is 1.99. The summed E-state index contributed by atoms with van der Waals surface area (Å²) in [7, 11) is 0. The van der Waals surface area contributed by atoms with Crippen LogP contribution in [-0.4, -0.2) is 27.6 Å². The van der Waals surface area contributed by atoms with Crippen LogP contribution in [0.3, 0.4) is 0 Å². The fourth-order valence-corrected chi connectivity index (χ4v) is 2.28. The minimum Gasteiger partial charge on any atom is -0.482 e. The topological polar surface area (TPSA) is 83.3 Å². The summed E-state index contributed by atoms with van der Waals surface area (Å²) in [6.07, 6.45) is 0. The van der Waals surface area contributed by atoms with E-state index in [-0.39, 0.29) is 18.9 Å². The van der Waals surface area contributed by atoms with Crippen LogP contribution in [0.5, 0.6) is 5.75 Å². The Balaban J connectivity index is 1.62. The predicted molar refractivity (Wildman–Crippen MR) is 91.3 cm³/mol. The maximum Gasteiger partial charge on any atom is 0.345 e. The number of fused-ring (bicyclic) bond motifs is 1. The van der Waals surface area contributed by atoms with Gasteiger partial charge in [0.25, 0.3) is 5.56 Å². The first kappa shape index (κ1) is 16.6. The SMILES string of the molecule is Cc1ccc(C)c(OCC(=O)OCn2nnc3ccccc3c2=O)c1. The van der Waals surface area contributed by atoms with Gasteiger partial charge in [-0.15, -0.1) is 5.10 Å². The molecule has 0 aliphatic carbocycles. The number of aromatic nitrogens is 3. The van der Waals surface area contributed by atoms with E-state index in [0.717, 1.165) is 15.8 Å². The standard InChI is InChI=1S/C18H17N3O4/c1-12-7-8-13(2)16(9-12)24-10-17(22)25-11-21-18(23)14-5-3-4-6-15(14)19-20-21/h3-9H,10-11H2,1-2H3. The molecule has 0 saturated carbocycles. The fourth-order valence-electron chi connectivity index (χ4n) is 2.28. The molecule has 0 fully saturated rings. The second-order valence-electron chi connectivity index (χ2n) is 5.61. The molecule has 1 aromatic heterocycles. The zero-order chi connectivity index (χ0) is 17.8. The van der Waals surface area contributed by atoms with Crippen LogP contribution in [0.2, 0.25) is 0 Å². The molecule has 0 atom stereocenters. The highest BCUT2D eigenvalue weighted by atomic mass is 16.6. The van der Waals surface area contributed by atoms with Gasteiger partial charge in [-0.2, -0.15) is 4.68 Å². The van der Waals surface area contributed by atoms with Crippen molar-refractivity contribution in [3.63, 3.8) is 0 Å². The van der Waals surface area contributed by atoms with E-state index in [0.29, 0.717) is 16.7 Å². The van der Waals surface area contributed by atoms with Gasteiger partial charge in [-0.05, 0) is 43.2 Å². The first-order valence-electron chi connectivity index (χ1n) is 7.73. The second-order valence-corrected chi connectivity index (χ2v) is 5.61. The van der Waals surface area contributed by atoms with E-state index in [1.807, 2.05) is 32.0 Å². The number of benzene rings is 2. The van der Waals surface area contributed by atoms with E-state index in [2.05, 4.69) is 10.3 Å².